The number of imidazole rings is 1. The minimum Gasteiger partial charge on any atom is -0.496 e. The smallest absolute Gasteiger partial charge is 0.166 e. The molecule has 0 saturated carbocycles. The highest BCUT2D eigenvalue weighted by Gasteiger charge is 2.13. The summed E-state index contributed by atoms with van der Waals surface area (Å²) >= 11 is 0. The van der Waals surface area contributed by atoms with Crippen LogP contribution in [0.3, 0.4) is 0 Å². The first-order chi connectivity index (χ1) is 11.3. The summed E-state index contributed by atoms with van der Waals surface area (Å²) in [6.07, 6.45) is 5.58. The number of hydrogen-bond donors (Lipinski definition) is 1. The lowest BCUT2D eigenvalue weighted by atomic mass is 10.2. The molecule has 0 spiro atoms. The number of nitrogens with zero attached hydrogens (tertiary/aromatic N) is 4. The Morgan fingerprint density at radius 3 is 2.83 bits per heavy atom. The predicted octanol–water partition coefficient (Wildman–Crippen LogP) is 2.96. The lowest BCUT2D eigenvalue weighted by Crippen LogP contribution is -2.04. The zero-order valence-corrected chi connectivity index (χ0v) is 13.4. The standard InChI is InChI=1S/C17H19N5O/c1-4-7-14-20-16(18-2)15-17(21-14)22(11-19-15)10-12-8-5-6-9-13(12)23-3/h4-9,11H,10H2,1-3H3,(H,18,20,21)/b7-4+. The average Bonchev–Trinajstić information content (AvgIpc) is 2.98. The molecule has 0 unspecified atom stereocenters. The summed E-state index contributed by atoms with van der Waals surface area (Å²) in [6.45, 7) is 2.58. The second kappa shape index (κ2) is 6.48. The quantitative estimate of drug-likeness (QED) is 0.785. The molecule has 1 aromatic carbocycles. The molecule has 0 atom stereocenters. The van der Waals surface area contributed by atoms with Crippen molar-refractivity contribution in [1.29, 1.82) is 0 Å². The van der Waals surface area contributed by atoms with Crippen LogP contribution in [0.15, 0.2) is 36.7 Å². The zero-order valence-electron chi connectivity index (χ0n) is 13.4. The lowest BCUT2D eigenvalue weighted by Gasteiger charge is -2.09. The topological polar surface area (TPSA) is 64.9 Å². The highest BCUT2D eigenvalue weighted by atomic mass is 16.5. The molecule has 3 aromatic rings. The van der Waals surface area contributed by atoms with E-state index in [1.807, 2.05) is 55.0 Å². The molecule has 0 amide bonds. The van der Waals surface area contributed by atoms with Crippen LogP contribution in [-0.4, -0.2) is 33.7 Å². The summed E-state index contributed by atoms with van der Waals surface area (Å²) < 4.78 is 7.43. The number of aromatic nitrogens is 4. The molecule has 0 aliphatic carbocycles. The fourth-order valence-corrected chi connectivity index (χ4v) is 2.49. The van der Waals surface area contributed by atoms with E-state index in [2.05, 4.69) is 20.3 Å². The van der Waals surface area contributed by atoms with E-state index in [-0.39, 0.29) is 0 Å². The largest absolute Gasteiger partial charge is 0.496 e. The number of ether oxygens (including phenoxy) is 1. The Hall–Kier alpha value is -2.89. The Balaban J connectivity index is 2.09. The maximum atomic E-state index is 5.42. The van der Waals surface area contributed by atoms with Gasteiger partial charge in [-0.1, -0.05) is 24.3 Å². The number of rotatable bonds is 5. The molecule has 2 heterocycles. The van der Waals surface area contributed by atoms with Crippen molar-refractivity contribution in [3.05, 3.63) is 48.1 Å². The number of anilines is 1. The van der Waals surface area contributed by atoms with Gasteiger partial charge < -0.3 is 14.6 Å². The summed E-state index contributed by atoms with van der Waals surface area (Å²) in [5, 5.41) is 3.08. The second-order valence-corrected chi connectivity index (χ2v) is 5.04. The van der Waals surface area contributed by atoms with Gasteiger partial charge in [0.2, 0.25) is 0 Å². The molecule has 0 fully saturated rings. The van der Waals surface area contributed by atoms with E-state index in [0.717, 1.165) is 28.3 Å². The van der Waals surface area contributed by atoms with Crippen LogP contribution in [0.5, 0.6) is 5.75 Å². The highest BCUT2D eigenvalue weighted by molar-refractivity contribution is 5.83. The van der Waals surface area contributed by atoms with E-state index < -0.39 is 0 Å². The van der Waals surface area contributed by atoms with Crippen LogP contribution >= 0.6 is 0 Å². The average molecular weight is 309 g/mol. The molecule has 6 nitrogen and oxygen atoms in total. The summed E-state index contributed by atoms with van der Waals surface area (Å²) in [5.41, 5.74) is 2.63. The molecule has 0 radical (unpaired) electrons. The summed E-state index contributed by atoms with van der Waals surface area (Å²) in [7, 11) is 3.51. The van der Waals surface area contributed by atoms with Gasteiger partial charge in [-0.25, -0.2) is 15.0 Å². The van der Waals surface area contributed by atoms with Gasteiger partial charge in [0.15, 0.2) is 17.3 Å². The van der Waals surface area contributed by atoms with Crippen LogP contribution in [0.1, 0.15) is 18.3 Å². The molecule has 0 bridgehead atoms. The van der Waals surface area contributed by atoms with Gasteiger partial charge in [-0.3, -0.25) is 0 Å². The van der Waals surface area contributed by atoms with E-state index in [1.165, 1.54) is 0 Å². The number of fused-ring (bicyclic) bond motifs is 1. The fourth-order valence-electron chi connectivity index (χ4n) is 2.49. The minimum absolute atomic E-state index is 0.635. The van der Waals surface area contributed by atoms with Crippen molar-refractivity contribution in [2.75, 3.05) is 19.5 Å². The van der Waals surface area contributed by atoms with Crippen molar-refractivity contribution >= 4 is 23.1 Å². The van der Waals surface area contributed by atoms with Gasteiger partial charge in [-0.05, 0) is 19.1 Å². The van der Waals surface area contributed by atoms with Crippen molar-refractivity contribution < 1.29 is 4.74 Å². The third-order valence-corrected chi connectivity index (χ3v) is 3.57. The van der Waals surface area contributed by atoms with Crippen molar-refractivity contribution in [3.63, 3.8) is 0 Å². The first-order valence-corrected chi connectivity index (χ1v) is 7.42. The molecule has 0 saturated heterocycles. The van der Waals surface area contributed by atoms with Gasteiger partial charge in [0.05, 0.1) is 20.0 Å². The van der Waals surface area contributed by atoms with Crippen LogP contribution in [0.4, 0.5) is 5.82 Å². The monoisotopic (exact) mass is 309 g/mol. The number of benzene rings is 1. The van der Waals surface area contributed by atoms with Gasteiger partial charge in [-0.2, -0.15) is 0 Å². The van der Waals surface area contributed by atoms with Crippen molar-refractivity contribution in [1.82, 2.24) is 19.5 Å². The Morgan fingerprint density at radius 2 is 2.09 bits per heavy atom. The Morgan fingerprint density at radius 1 is 1.26 bits per heavy atom. The molecule has 23 heavy (non-hydrogen) atoms. The van der Waals surface area contributed by atoms with Crippen LogP contribution in [0, 0.1) is 0 Å². The number of para-hydroxylation sites is 1. The molecule has 0 aliphatic heterocycles. The normalized spacial score (nSPS) is 11.3. The SMILES string of the molecule is C/C=C/c1nc(NC)c2ncn(Cc3ccccc3OC)c2n1. The Labute approximate surface area is 134 Å². The van der Waals surface area contributed by atoms with Gasteiger partial charge in [-0.15, -0.1) is 0 Å². The molecule has 0 aliphatic rings. The number of methoxy groups -OCH3 is 1. The molecule has 118 valence electrons. The van der Waals surface area contributed by atoms with E-state index in [0.29, 0.717) is 12.4 Å². The second-order valence-electron chi connectivity index (χ2n) is 5.04. The third-order valence-electron chi connectivity index (χ3n) is 3.57. The third kappa shape index (κ3) is 2.88. The van der Waals surface area contributed by atoms with E-state index in [4.69, 9.17) is 4.74 Å². The maximum Gasteiger partial charge on any atom is 0.166 e. The van der Waals surface area contributed by atoms with Crippen molar-refractivity contribution in [2.45, 2.75) is 13.5 Å². The predicted molar refractivity (Wildman–Crippen MR) is 91.7 cm³/mol. The highest BCUT2D eigenvalue weighted by Crippen LogP contribution is 2.23. The first kappa shape index (κ1) is 15.0. The molecule has 3 rings (SSSR count). The van der Waals surface area contributed by atoms with Crippen molar-refractivity contribution in [2.24, 2.45) is 0 Å². The van der Waals surface area contributed by atoms with Crippen LogP contribution in [-0.2, 0) is 6.54 Å². The molecule has 6 heteroatoms. The Kier molecular flexibility index (Phi) is 4.23. The van der Waals surface area contributed by atoms with Crippen LogP contribution < -0.4 is 10.1 Å². The summed E-state index contributed by atoms with van der Waals surface area (Å²) in [6, 6.07) is 7.95. The lowest BCUT2D eigenvalue weighted by molar-refractivity contribution is 0.408. The molecule has 2 aromatic heterocycles. The van der Waals surface area contributed by atoms with E-state index in [1.54, 1.807) is 13.4 Å². The van der Waals surface area contributed by atoms with Crippen LogP contribution in [0.25, 0.3) is 17.2 Å². The number of hydrogen-bond acceptors (Lipinski definition) is 5. The van der Waals surface area contributed by atoms with Gasteiger partial charge in [0.25, 0.3) is 0 Å². The molecule has 1 N–H and O–H groups in total. The Bertz CT molecular complexity index is 853. The molecular weight excluding hydrogens is 290 g/mol. The number of allylic oxidation sites excluding steroid dienone is 1. The minimum atomic E-state index is 0.635. The summed E-state index contributed by atoms with van der Waals surface area (Å²) in [5.74, 6) is 2.24. The first-order valence-electron chi connectivity index (χ1n) is 7.42. The fraction of sp³-hybridized carbons (Fsp3) is 0.235. The van der Waals surface area contributed by atoms with E-state index in [9.17, 15) is 0 Å². The molecular formula is C17H19N5O. The number of nitrogens with one attached hydrogen (secondary N) is 1. The maximum absolute atomic E-state index is 5.42. The summed E-state index contributed by atoms with van der Waals surface area (Å²) in [4.78, 5) is 13.5. The van der Waals surface area contributed by atoms with E-state index >= 15 is 0 Å². The van der Waals surface area contributed by atoms with Crippen molar-refractivity contribution in [3.8, 4) is 5.75 Å². The van der Waals surface area contributed by atoms with Gasteiger partial charge in [0.1, 0.15) is 11.3 Å². The van der Waals surface area contributed by atoms with Crippen LogP contribution in [0.2, 0.25) is 0 Å². The van der Waals surface area contributed by atoms with Gasteiger partial charge >= 0.3 is 0 Å². The van der Waals surface area contributed by atoms with Gasteiger partial charge in [0, 0.05) is 12.6 Å². The zero-order chi connectivity index (χ0) is 16.2.